The molecule has 1 fully saturated rings. The van der Waals surface area contributed by atoms with Crippen molar-refractivity contribution < 1.29 is 5.11 Å². The van der Waals surface area contributed by atoms with Crippen molar-refractivity contribution in [1.82, 2.24) is 5.32 Å². The Kier molecular flexibility index (Phi) is 3.59. The van der Waals surface area contributed by atoms with Gasteiger partial charge >= 0.3 is 0 Å². The van der Waals surface area contributed by atoms with Crippen LogP contribution in [0.15, 0.2) is 0 Å². The smallest absolute Gasteiger partial charge is 0.0802 e. The highest BCUT2D eigenvalue weighted by Gasteiger charge is 2.41. The van der Waals surface area contributed by atoms with Gasteiger partial charge in [-0.1, -0.05) is 20.8 Å². The SMILES string of the molecule is CCNC(C)C1(O)CCCC(C)(C)C1. The van der Waals surface area contributed by atoms with Crippen LogP contribution >= 0.6 is 0 Å². The largest absolute Gasteiger partial charge is 0.388 e. The molecule has 1 rings (SSSR count). The fraction of sp³-hybridized carbons (Fsp3) is 1.00. The lowest BCUT2D eigenvalue weighted by Gasteiger charge is -2.45. The summed E-state index contributed by atoms with van der Waals surface area (Å²) in [5, 5.41) is 13.9. The maximum Gasteiger partial charge on any atom is 0.0802 e. The van der Waals surface area contributed by atoms with Crippen LogP contribution in [0.5, 0.6) is 0 Å². The molecule has 2 heteroatoms. The van der Waals surface area contributed by atoms with E-state index in [9.17, 15) is 5.11 Å². The molecule has 1 aliphatic rings. The molecular formula is C12H25NO. The summed E-state index contributed by atoms with van der Waals surface area (Å²) in [5.41, 5.74) is -0.186. The van der Waals surface area contributed by atoms with Gasteiger partial charge in [-0.3, -0.25) is 0 Å². The number of aliphatic hydroxyl groups is 1. The average Bonchev–Trinajstić information content (AvgIpc) is 2.02. The molecule has 2 unspecified atom stereocenters. The zero-order chi connectivity index (χ0) is 10.8. The predicted molar refractivity (Wildman–Crippen MR) is 60.3 cm³/mol. The first-order chi connectivity index (χ1) is 6.40. The summed E-state index contributed by atoms with van der Waals surface area (Å²) in [6, 6.07) is 0.215. The third-order valence-electron chi connectivity index (χ3n) is 3.56. The lowest BCUT2D eigenvalue weighted by Crippen LogP contribution is -2.53. The summed E-state index contributed by atoms with van der Waals surface area (Å²) in [5.74, 6) is 0. The Morgan fingerprint density at radius 3 is 2.50 bits per heavy atom. The van der Waals surface area contributed by atoms with E-state index >= 15 is 0 Å². The van der Waals surface area contributed by atoms with Gasteiger partial charge in [-0.15, -0.1) is 0 Å². The van der Waals surface area contributed by atoms with Crippen LogP contribution in [-0.2, 0) is 0 Å². The van der Waals surface area contributed by atoms with E-state index in [-0.39, 0.29) is 6.04 Å². The summed E-state index contributed by atoms with van der Waals surface area (Å²) < 4.78 is 0. The molecule has 0 saturated heterocycles. The Bertz CT molecular complexity index is 191. The molecule has 0 heterocycles. The Morgan fingerprint density at radius 2 is 2.00 bits per heavy atom. The average molecular weight is 199 g/mol. The molecule has 14 heavy (non-hydrogen) atoms. The Labute approximate surface area is 88.1 Å². The van der Waals surface area contributed by atoms with Crippen molar-refractivity contribution in [1.29, 1.82) is 0 Å². The molecule has 0 bridgehead atoms. The van der Waals surface area contributed by atoms with E-state index in [1.165, 1.54) is 6.42 Å². The zero-order valence-electron chi connectivity index (χ0n) is 10.1. The summed E-state index contributed by atoms with van der Waals surface area (Å²) in [6.45, 7) is 9.65. The summed E-state index contributed by atoms with van der Waals surface area (Å²) >= 11 is 0. The van der Waals surface area contributed by atoms with Crippen LogP contribution in [-0.4, -0.2) is 23.3 Å². The molecule has 0 amide bonds. The van der Waals surface area contributed by atoms with Crippen LogP contribution in [0, 0.1) is 5.41 Å². The van der Waals surface area contributed by atoms with Crippen molar-refractivity contribution in [3.05, 3.63) is 0 Å². The van der Waals surface area contributed by atoms with Gasteiger partial charge in [0.25, 0.3) is 0 Å². The van der Waals surface area contributed by atoms with Gasteiger partial charge in [0, 0.05) is 6.04 Å². The van der Waals surface area contributed by atoms with Crippen LogP contribution in [0.2, 0.25) is 0 Å². The van der Waals surface area contributed by atoms with E-state index in [1.54, 1.807) is 0 Å². The first-order valence-corrected chi connectivity index (χ1v) is 5.85. The molecule has 2 nitrogen and oxygen atoms in total. The fourth-order valence-corrected chi connectivity index (χ4v) is 2.74. The molecule has 0 aromatic carbocycles. The van der Waals surface area contributed by atoms with Crippen LogP contribution in [0.3, 0.4) is 0 Å². The van der Waals surface area contributed by atoms with E-state index in [1.807, 2.05) is 0 Å². The molecule has 0 aromatic rings. The van der Waals surface area contributed by atoms with Crippen molar-refractivity contribution >= 4 is 0 Å². The van der Waals surface area contributed by atoms with Gasteiger partial charge in [-0.2, -0.15) is 0 Å². The van der Waals surface area contributed by atoms with E-state index in [0.717, 1.165) is 25.8 Å². The topological polar surface area (TPSA) is 32.3 Å². The monoisotopic (exact) mass is 199 g/mol. The maximum absolute atomic E-state index is 10.5. The molecule has 2 atom stereocenters. The summed E-state index contributed by atoms with van der Waals surface area (Å²) in [7, 11) is 0. The first kappa shape index (κ1) is 12.0. The quantitative estimate of drug-likeness (QED) is 0.731. The molecule has 0 spiro atoms. The van der Waals surface area contributed by atoms with Crippen LogP contribution in [0.1, 0.15) is 53.4 Å². The number of hydrogen-bond acceptors (Lipinski definition) is 2. The van der Waals surface area contributed by atoms with E-state index in [0.29, 0.717) is 5.41 Å². The van der Waals surface area contributed by atoms with Crippen molar-refractivity contribution in [2.45, 2.75) is 65.0 Å². The van der Waals surface area contributed by atoms with Gasteiger partial charge in [-0.25, -0.2) is 0 Å². The van der Waals surface area contributed by atoms with Crippen LogP contribution < -0.4 is 5.32 Å². The normalized spacial score (nSPS) is 34.1. The predicted octanol–water partition coefficient (Wildman–Crippen LogP) is 2.32. The Hall–Kier alpha value is -0.0800. The third kappa shape index (κ3) is 2.71. The van der Waals surface area contributed by atoms with E-state index < -0.39 is 5.60 Å². The third-order valence-corrected chi connectivity index (χ3v) is 3.56. The maximum atomic E-state index is 10.5. The van der Waals surface area contributed by atoms with Crippen molar-refractivity contribution in [2.24, 2.45) is 5.41 Å². The Balaban J connectivity index is 2.63. The zero-order valence-corrected chi connectivity index (χ0v) is 10.1. The minimum Gasteiger partial charge on any atom is -0.388 e. The van der Waals surface area contributed by atoms with Gasteiger partial charge in [-0.05, 0) is 44.6 Å². The number of hydrogen-bond donors (Lipinski definition) is 2. The molecule has 0 aromatic heterocycles. The van der Waals surface area contributed by atoms with Gasteiger partial charge in [0.2, 0.25) is 0 Å². The molecule has 0 aliphatic heterocycles. The second-order valence-corrected chi connectivity index (χ2v) is 5.58. The van der Waals surface area contributed by atoms with Crippen molar-refractivity contribution in [2.75, 3.05) is 6.54 Å². The molecule has 1 saturated carbocycles. The second kappa shape index (κ2) is 4.19. The van der Waals surface area contributed by atoms with Gasteiger partial charge in [0.15, 0.2) is 0 Å². The molecule has 84 valence electrons. The van der Waals surface area contributed by atoms with Gasteiger partial charge in [0.05, 0.1) is 5.60 Å². The van der Waals surface area contributed by atoms with Crippen LogP contribution in [0.25, 0.3) is 0 Å². The second-order valence-electron chi connectivity index (χ2n) is 5.58. The Morgan fingerprint density at radius 1 is 1.36 bits per heavy atom. The lowest BCUT2D eigenvalue weighted by molar-refractivity contribution is -0.0619. The number of likely N-dealkylation sites (N-methyl/N-ethyl adjacent to an activating group) is 1. The highest BCUT2D eigenvalue weighted by Crippen LogP contribution is 2.42. The fourth-order valence-electron chi connectivity index (χ4n) is 2.74. The van der Waals surface area contributed by atoms with E-state index in [2.05, 4.69) is 33.0 Å². The van der Waals surface area contributed by atoms with E-state index in [4.69, 9.17) is 0 Å². The molecule has 1 aliphatic carbocycles. The lowest BCUT2D eigenvalue weighted by atomic mass is 9.67. The van der Waals surface area contributed by atoms with Crippen LogP contribution in [0.4, 0.5) is 0 Å². The highest BCUT2D eigenvalue weighted by molar-refractivity contribution is 4.96. The molecule has 2 N–H and O–H groups in total. The standard InChI is InChI=1S/C12H25NO/c1-5-13-10(2)12(14)8-6-7-11(3,4)9-12/h10,13-14H,5-9H2,1-4H3. The highest BCUT2D eigenvalue weighted by atomic mass is 16.3. The number of nitrogens with one attached hydrogen (secondary N) is 1. The minimum atomic E-state index is -0.488. The van der Waals surface area contributed by atoms with Crippen molar-refractivity contribution in [3.63, 3.8) is 0 Å². The van der Waals surface area contributed by atoms with Gasteiger partial charge < -0.3 is 10.4 Å². The summed E-state index contributed by atoms with van der Waals surface area (Å²) in [4.78, 5) is 0. The molecular weight excluding hydrogens is 174 g/mol. The first-order valence-electron chi connectivity index (χ1n) is 5.85. The van der Waals surface area contributed by atoms with Gasteiger partial charge in [0.1, 0.15) is 0 Å². The summed E-state index contributed by atoms with van der Waals surface area (Å²) in [6.07, 6.45) is 4.27. The number of rotatable bonds is 3. The van der Waals surface area contributed by atoms with Crippen molar-refractivity contribution in [3.8, 4) is 0 Å². The molecule has 0 radical (unpaired) electrons. The minimum absolute atomic E-state index is 0.215.